The summed E-state index contributed by atoms with van der Waals surface area (Å²) in [5, 5.41) is 12.5. The van der Waals surface area contributed by atoms with E-state index in [-0.39, 0.29) is 11.8 Å². The summed E-state index contributed by atoms with van der Waals surface area (Å²) >= 11 is 0. The molecule has 0 unspecified atom stereocenters. The lowest BCUT2D eigenvalue weighted by Gasteiger charge is -2.37. The van der Waals surface area contributed by atoms with E-state index in [1.54, 1.807) is 6.92 Å². The summed E-state index contributed by atoms with van der Waals surface area (Å²) in [6, 6.07) is 5.82. The fourth-order valence-electron chi connectivity index (χ4n) is 3.39. The number of carbonyl (C=O) groups excluding carboxylic acids is 1. The quantitative estimate of drug-likeness (QED) is 0.893. The van der Waals surface area contributed by atoms with Crippen LogP contribution in [0, 0.1) is 30.6 Å². The van der Waals surface area contributed by atoms with Crippen LogP contribution < -0.4 is 5.32 Å². The molecule has 22 heavy (non-hydrogen) atoms. The highest BCUT2D eigenvalue weighted by atomic mass is 16.4. The Morgan fingerprint density at radius 3 is 2.32 bits per heavy atom. The first-order chi connectivity index (χ1) is 10.1. The van der Waals surface area contributed by atoms with Crippen LogP contribution >= 0.6 is 0 Å². The van der Waals surface area contributed by atoms with Crippen LogP contribution in [0.3, 0.4) is 0 Å². The lowest BCUT2D eigenvalue weighted by molar-refractivity contribution is -0.154. The minimum absolute atomic E-state index is 0.0850. The van der Waals surface area contributed by atoms with Crippen LogP contribution in [0.2, 0.25) is 0 Å². The highest BCUT2D eigenvalue weighted by molar-refractivity contribution is 5.94. The van der Waals surface area contributed by atoms with Crippen LogP contribution in [-0.4, -0.2) is 17.0 Å². The Bertz CT molecular complexity index is 621. The van der Waals surface area contributed by atoms with Gasteiger partial charge in [-0.3, -0.25) is 9.59 Å². The van der Waals surface area contributed by atoms with Crippen molar-refractivity contribution in [1.82, 2.24) is 0 Å². The second-order valence-corrected chi connectivity index (χ2v) is 7.24. The van der Waals surface area contributed by atoms with Gasteiger partial charge in [-0.2, -0.15) is 0 Å². The monoisotopic (exact) mass is 303 g/mol. The van der Waals surface area contributed by atoms with Crippen LogP contribution in [-0.2, 0) is 9.59 Å². The maximum atomic E-state index is 12.6. The molecule has 2 N–H and O–H groups in total. The van der Waals surface area contributed by atoms with Crippen LogP contribution in [0.25, 0.3) is 0 Å². The average Bonchev–Trinajstić information content (AvgIpc) is 2.66. The largest absolute Gasteiger partial charge is 0.481 e. The molecule has 0 saturated heterocycles. The van der Waals surface area contributed by atoms with Crippen molar-refractivity contribution in [1.29, 1.82) is 0 Å². The van der Waals surface area contributed by atoms with Crippen molar-refractivity contribution in [3.05, 3.63) is 29.3 Å². The molecule has 0 spiro atoms. The summed E-state index contributed by atoms with van der Waals surface area (Å²) in [6.45, 7) is 9.56. The standard InChI is InChI=1S/C18H25NO3/c1-11-6-7-13(10-12(11)2)19-15(20)14-8-9-18(5,16(21)22)17(14,3)4/h6-7,10,14H,8-9H2,1-5H3,(H,19,20)(H,21,22)/t14-,18+/m0/s1. The molecule has 120 valence electrons. The molecule has 4 heteroatoms. The maximum absolute atomic E-state index is 12.6. The van der Waals surface area contributed by atoms with Gasteiger partial charge in [0, 0.05) is 11.6 Å². The lowest BCUT2D eigenvalue weighted by atomic mass is 9.65. The van der Waals surface area contributed by atoms with Gasteiger partial charge in [0.2, 0.25) is 5.91 Å². The predicted octanol–water partition coefficient (Wildman–Crippen LogP) is 3.77. The van der Waals surface area contributed by atoms with Crippen molar-refractivity contribution in [2.75, 3.05) is 5.32 Å². The second-order valence-electron chi connectivity index (χ2n) is 7.24. The Hall–Kier alpha value is -1.84. The first-order valence-electron chi connectivity index (χ1n) is 7.71. The number of amides is 1. The highest BCUT2D eigenvalue weighted by Crippen LogP contribution is 2.56. The van der Waals surface area contributed by atoms with Crippen molar-refractivity contribution in [3.63, 3.8) is 0 Å². The Morgan fingerprint density at radius 1 is 1.18 bits per heavy atom. The van der Waals surface area contributed by atoms with Gasteiger partial charge < -0.3 is 10.4 Å². The fraction of sp³-hybridized carbons (Fsp3) is 0.556. The summed E-state index contributed by atoms with van der Waals surface area (Å²) in [7, 11) is 0. The van der Waals surface area contributed by atoms with Gasteiger partial charge >= 0.3 is 5.97 Å². The summed E-state index contributed by atoms with van der Waals surface area (Å²) in [4.78, 5) is 24.2. The number of hydrogen-bond donors (Lipinski definition) is 2. The molecular weight excluding hydrogens is 278 g/mol. The first kappa shape index (κ1) is 16.5. The number of carbonyl (C=O) groups is 2. The van der Waals surface area contributed by atoms with Crippen LogP contribution in [0.5, 0.6) is 0 Å². The molecule has 2 rings (SSSR count). The van der Waals surface area contributed by atoms with Crippen molar-refractivity contribution < 1.29 is 14.7 Å². The summed E-state index contributed by atoms with van der Waals surface area (Å²) in [6.07, 6.45) is 1.13. The smallest absolute Gasteiger partial charge is 0.309 e. The van der Waals surface area contributed by atoms with Crippen LogP contribution in [0.15, 0.2) is 18.2 Å². The number of anilines is 1. The summed E-state index contributed by atoms with van der Waals surface area (Å²) in [5.41, 5.74) is 1.63. The number of hydrogen-bond acceptors (Lipinski definition) is 2. The van der Waals surface area contributed by atoms with Gasteiger partial charge in [0.15, 0.2) is 0 Å². The molecule has 1 aromatic rings. The molecule has 0 heterocycles. The van der Waals surface area contributed by atoms with Crippen LogP contribution in [0.1, 0.15) is 44.7 Å². The number of aryl methyl sites for hydroxylation is 2. The molecule has 1 saturated carbocycles. The highest BCUT2D eigenvalue weighted by Gasteiger charge is 2.58. The van der Waals surface area contributed by atoms with E-state index >= 15 is 0 Å². The minimum atomic E-state index is -0.863. The summed E-state index contributed by atoms with van der Waals surface area (Å²) in [5.74, 6) is -1.20. The molecule has 0 radical (unpaired) electrons. The molecule has 1 aromatic carbocycles. The van der Waals surface area contributed by atoms with Gasteiger partial charge in [0.05, 0.1) is 5.41 Å². The van der Waals surface area contributed by atoms with Crippen molar-refractivity contribution in [2.45, 2.75) is 47.5 Å². The van der Waals surface area contributed by atoms with Crippen molar-refractivity contribution >= 4 is 17.6 Å². The number of rotatable bonds is 3. The second kappa shape index (κ2) is 5.41. The third-order valence-electron chi connectivity index (χ3n) is 5.79. The SMILES string of the molecule is Cc1ccc(NC(=O)[C@@H]2CC[C@](C)(C(=O)O)C2(C)C)cc1C. The molecule has 0 aliphatic heterocycles. The number of benzene rings is 1. The van der Waals surface area contributed by atoms with Gasteiger partial charge in [0.25, 0.3) is 0 Å². The van der Waals surface area contributed by atoms with E-state index in [1.807, 2.05) is 45.9 Å². The third kappa shape index (κ3) is 2.51. The van der Waals surface area contributed by atoms with Gasteiger partial charge in [-0.25, -0.2) is 0 Å². The molecule has 1 fully saturated rings. The van der Waals surface area contributed by atoms with Gasteiger partial charge in [-0.05, 0) is 62.3 Å². The first-order valence-corrected chi connectivity index (χ1v) is 7.71. The molecule has 0 bridgehead atoms. The van der Waals surface area contributed by atoms with E-state index in [2.05, 4.69) is 5.32 Å². The number of nitrogens with one attached hydrogen (secondary N) is 1. The summed E-state index contributed by atoms with van der Waals surface area (Å²) < 4.78 is 0. The van der Waals surface area contributed by atoms with E-state index in [1.165, 1.54) is 5.56 Å². The van der Waals surface area contributed by atoms with E-state index in [9.17, 15) is 14.7 Å². The van der Waals surface area contributed by atoms with Crippen molar-refractivity contribution in [2.24, 2.45) is 16.7 Å². The van der Waals surface area contributed by atoms with Gasteiger partial charge in [-0.1, -0.05) is 19.9 Å². The van der Waals surface area contributed by atoms with Crippen molar-refractivity contribution in [3.8, 4) is 0 Å². The van der Waals surface area contributed by atoms with E-state index in [0.717, 1.165) is 11.3 Å². The maximum Gasteiger partial charge on any atom is 0.309 e. The fourth-order valence-corrected chi connectivity index (χ4v) is 3.39. The van der Waals surface area contributed by atoms with E-state index < -0.39 is 16.8 Å². The minimum Gasteiger partial charge on any atom is -0.481 e. The molecule has 4 nitrogen and oxygen atoms in total. The van der Waals surface area contributed by atoms with E-state index in [4.69, 9.17) is 0 Å². The normalized spacial score (nSPS) is 26.7. The molecule has 2 atom stereocenters. The zero-order valence-electron chi connectivity index (χ0n) is 14.0. The molecule has 0 aromatic heterocycles. The van der Waals surface area contributed by atoms with E-state index in [0.29, 0.717) is 12.8 Å². The molecule has 1 amide bonds. The number of carboxylic acid groups (broad SMARTS) is 1. The third-order valence-corrected chi connectivity index (χ3v) is 5.79. The van der Waals surface area contributed by atoms with Gasteiger partial charge in [-0.15, -0.1) is 0 Å². The Kier molecular flexibility index (Phi) is 4.07. The molecular formula is C18H25NO3. The molecule has 1 aliphatic carbocycles. The number of aliphatic carboxylic acids is 1. The zero-order valence-corrected chi connectivity index (χ0v) is 14.0. The predicted molar refractivity (Wildman–Crippen MR) is 86.8 cm³/mol. The lowest BCUT2D eigenvalue weighted by Crippen LogP contribution is -2.43. The molecule has 1 aliphatic rings. The van der Waals surface area contributed by atoms with Gasteiger partial charge in [0.1, 0.15) is 0 Å². The Morgan fingerprint density at radius 2 is 1.82 bits per heavy atom. The zero-order chi connectivity index (χ0) is 16.7. The number of carboxylic acids is 1. The average molecular weight is 303 g/mol. The Balaban J connectivity index is 2.20. The van der Waals surface area contributed by atoms with Crippen LogP contribution in [0.4, 0.5) is 5.69 Å². The topological polar surface area (TPSA) is 66.4 Å². The Labute approximate surface area is 131 Å².